The molecule has 0 radical (unpaired) electrons. The summed E-state index contributed by atoms with van der Waals surface area (Å²) in [6.45, 7) is 14.5. The molecule has 194 valence electrons. The van der Waals surface area contributed by atoms with Crippen LogP contribution in [0.15, 0.2) is 35.1 Å². The highest BCUT2D eigenvalue weighted by Crippen LogP contribution is 2.37. The smallest absolute Gasteiger partial charge is 0.137 e. The van der Waals surface area contributed by atoms with E-state index in [-0.39, 0.29) is 6.42 Å². The first-order valence-corrected chi connectivity index (χ1v) is 17.4. The van der Waals surface area contributed by atoms with Crippen LogP contribution in [0, 0.1) is 11.6 Å². The van der Waals surface area contributed by atoms with Crippen molar-refractivity contribution in [3.8, 4) is 0 Å². The molecule has 1 N–H and O–H groups in total. The Balaban J connectivity index is 1.88. The molecule has 0 spiro atoms. The zero-order chi connectivity index (χ0) is 26.0. The molecule has 2 atom stereocenters. The van der Waals surface area contributed by atoms with Crippen molar-refractivity contribution in [2.24, 2.45) is 0 Å². The second-order valence-electron chi connectivity index (χ2n) is 11.1. The summed E-state index contributed by atoms with van der Waals surface area (Å²) in [5, 5.41) is 0. The second-order valence-corrected chi connectivity index (χ2v) is 19.5. The molecular formula is C25H36BrF2N3O2SSi. The van der Waals surface area contributed by atoms with Gasteiger partial charge in [0, 0.05) is 56.8 Å². The average Bonchev–Trinajstić information content (AvgIpc) is 3.06. The number of aromatic nitrogens is 1. The van der Waals surface area contributed by atoms with Crippen LogP contribution in [0.1, 0.15) is 38.1 Å². The van der Waals surface area contributed by atoms with Crippen molar-refractivity contribution in [3.63, 3.8) is 0 Å². The normalized spacial score (nSPS) is 15.9. The summed E-state index contributed by atoms with van der Waals surface area (Å²) in [5.41, 5.74) is 2.46. The third-order valence-electron chi connectivity index (χ3n) is 5.67. The summed E-state index contributed by atoms with van der Waals surface area (Å²) in [7, 11) is -1.17. The first-order valence-electron chi connectivity index (χ1n) is 11.8. The zero-order valence-corrected chi connectivity index (χ0v) is 24.7. The number of rotatable bonds is 10. The standard InChI is InChI=1S/C25H36BrF2N3O2SSi/c1-25(2,3)34(32)29-23(14-18-12-19(27)15-20(28)13-18)31-16-22-21(24(31)26)8-7-9-30(22)17-33-10-11-35(4,5)6/h7-8,12-13,15-16,23,29H,9-11,14,17H2,1-6H3. The van der Waals surface area contributed by atoms with Crippen LogP contribution >= 0.6 is 15.9 Å². The molecule has 0 aliphatic carbocycles. The quantitative estimate of drug-likeness (QED) is 0.197. The first-order chi connectivity index (χ1) is 16.2. The molecule has 1 aromatic heterocycles. The third-order valence-corrected chi connectivity index (χ3v) is 9.81. The van der Waals surface area contributed by atoms with Gasteiger partial charge in [-0.15, -0.1) is 4.72 Å². The molecule has 0 saturated carbocycles. The van der Waals surface area contributed by atoms with E-state index in [1.54, 1.807) is 0 Å². The fourth-order valence-corrected chi connectivity index (χ4v) is 5.90. The van der Waals surface area contributed by atoms with E-state index in [4.69, 9.17) is 4.74 Å². The van der Waals surface area contributed by atoms with Gasteiger partial charge in [0.25, 0.3) is 0 Å². The van der Waals surface area contributed by atoms with Gasteiger partial charge in [0.05, 0.1) is 10.3 Å². The Morgan fingerprint density at radius 3 is 2.46 bits per heavy atom. The number of halogens is 3. The molecule has 10 heteroatoms. The SMILES string of the molecule is CC(C)(C)[S+]([O-])NC(Cc1cc(F)cc(F)c1)n1cc2c(c1Br)C=CCN2COCC[Si](C)(C)C. The van der Waals surface area contributed by atoms with Crippen LogP contribution in [-0.2, 0) is 22.5 Å². The summed E-state index contributed by atoms with van der Waals surface area (Å²) >= 11 is 2.32. The van der Waals surface area contributed by atoms with E-state index in [0.29, 0.717) is 12.3 Å². The fraction of sp³-hybridized carbons (Fsp3) is 0.520. The Morgan fingerprint density at radius 1 is 1.20 bits per heavy atom. The van der Waals surface area contributed by atoms with Crippen LogP contribution in [0.4, 0.5) is 14.5 Å². The molecule has 2 heterocycles. The minimum Gasteiger partial charge on any atom is -0.598 e. The van der Waals surface area contributed by atoms with Crippen LogP contribution in [0.5, 0.6) is 0 Å². The van der Waals surface area contributed by atoms with E-state index in [9.17, 15) is 13.3 Å². The van der Waals surface area contributed by atoms with Crippen molar-refractivity contribution in [1.29, 1.82) is 0 Å². The maximum absolute atomic E-state index is 13.9. The molecule has 0 fully saturated rings. The Kier molecular flexibility index (Phi) is 9.31. The van der Waals surface area contributed by atoms with Gasteiger partial charge in [-0.25, -0.2) is 8.78 Å². The highest BCUT2D eigenvalue weighted by atomic mass is 79.9. The number of hydrogen-bond donors (Lipinski definition) is 1. The van der Waals surface area contributed by atoms with Crippen molar-refractivity contribution >= 4 is 47.1 Å². The van der Waals surface area contributed by atoms with Gasteiger partial charge in [-0.05, 0) is 60.4 Å². The van der Waals surface area contributed by atoms with Gasteiger partial charge in [0.2, 0.25) is 0 Å². The van der Waals surface area contributed by atoms with Crippen LogP contribution in [0.2, 0.25) is 25.7 Å². The molecule has 0 amide bonds. The molecule has 0 saturated heterocycles. The Bertz CT molecular complexity index is 1030. The summed E-state index contributed by atoms with van der Waals surface area (Å²) in [5.74, 6) is -1.27. The zero-order valence-electron chi connectivity index (χ0n) is 21.3. The third kappa shape index (κ3) is 7.90. The molecule has 2 unspecified atom stereocenters. The molecule has 35 heavy (non-hydrogen) atoms. The van der Waals surface area contributed by atoms with Crippen molar-refractivity contribution in [3.05, 3.63) is 57.8 Å². The summed E-state index contributed by atoms with van der Waals surface area (Å²) < 4.78 is 52.3. The molecule has 2 aromatic rings. The van der Waals surface area contributed by atoms with Crippen LogP contribution in [0.3, 0.4) is 0 Å². The maximum atomic E-state index is 13.9. The Morgan fingerprint density at radius 2 is 1.86 bits per heavy atom. The van der Waals surface area contributed by atoms with E-state index in [0.717, 1.165) is 41.1 Å². The topological polar surface area (TPSA) is 52.5 Å². The highest BCUT2D eigenvalue weighted by molar-refractivity contribution is 9.10. The largest absolute Gasteiger partial charge is 0.598 e. The summed E-state index contributed by atoms with van der Waals surface area (Å²) in [4.78, 5) is 2.15. The number of benzene rings is 1. The number of nitrogens with one attached hydrogen (secondary N) is 1. The van der Waals surface area contributed by atoms with Crippen LogP contribution in [-0.4, -0.2) is 41.8 Å². The first kappa shape index (κ1) is 28.4. The molecule has 1 aromatic carbocycles. The lowest BCUT2D eigenvalue weighted by molar-refractivity contribution is 0.148. The van der Waals surface area contributed by atoms with Crippen molar-refractivity contribution in [2.75, 3.05) is 24.8 Å². The van der Waals surface area contributed by atoms with Gasteiger partial charge in [-0.2, -0.15) is 0 Å². The number of fused-ring (bicyclic) bond motifs is 1. The van der Waals surface area contributed by atoms with E-state index in [2.05, 4.69) is 51.3 Å². The Hall–Kier alpha value is -1.17. The number of ether oxygens (including phenoxy) is 1. The van der Waals surface area contributed by atoms with Gasteiger partial charge < -0.3 is 18.8 Å². The minimum absolute atomic E-state index is 0.249. The highest BCUT2D eigenvalue weighted by Gasteiger charge is 2.32. The molecule has 0 bridgehead atoms. The predicted molar refractivity (Wildman–Crippen MR) is 148 cm³/mol. The van der Waals surface area contributed by atoms with Crippen LogP contribution < -0.4 is 9.62 Å². The maximum Gasteiger partial charge on any atom is 0.137 e. The lowest BCUT2D eigenvalue weighted by Gasteiger charge is -2.29. The lowest BCUT2D eigenvalue weighted by Crippen LogP contribution is -2.43. The van der Waals surface area contributed by atoms with Gasteiger partial charge in [-0.1, -0.05) is 31.8 Å². The van der Waals surface area contributed by atoms with E-state index in [1.807, 2.05) is 37.6 Å². The second kappa shape index (κ2) is 11.5. The van der Waals surface area contributed by atoms with Gasteiger partial charge in [0.1, 0.15) is 29.3 Å². The molecule has 1 aliphatic heterocycles. The monoisotopic (exact) mass is 587 g/mol. The van der Waals surface area contributed by atoms with Crippen molar-refractivity contribution < 1.29 is 18.1 Å². The van der Waals surface area contributed by atoms with Gasteiger partial charge in [0.15, 0.2) is 0 Å². The average molecular weight is 589 g/mol. The van der Waals surface area contributed by atoms with E-state index >= 15 is 0 Å². The predicted octanol–water partition coefficient (Wildman–Crippen LogP) is 6.47. The number of anilines is 1. The number of nitrogens with zero attached hydrogens (tertiary/aromatic N) is 2. The molecule has 1 aliphatic rings. The van der Waals surface area contributed by atoms with Crippen LogP contribution in [0.25, 0.3) is 6.08 Å². The van der Waals surface area contributed by atoms with E-state index in [1.165, 1.54) is 12.1 Å². The molecule has 3 rings (SSSR count). The van der Waals surface area contributed by atoms with Gasteiger partial charge in [-0.3, -0.25) is 0 Å². The minimum atomic E-state index is -1.40. The summed E-state index contributed by atoms with van der Waals surface area (Å²) in [6.07, 6.45) is 5.86. The lowest BCUT2D eigenvalue weighted by atomic mass is 10.1. The van der Waals surface area contributed by atoms with Crippen molar-refractivity contribution in [1.82, 2.24) is 9.29 Å². The fourth-order valence-electron chi connectivity index (χ4n) is 3.66. The van der Waals surface area contributed by atoms with E-state index < -0.39 is 42.0 Å². The number of hydrogen-bond acceptors (Lipinski definition) is 4. The van der Waals surface area contributed by atoms with Crippen molar-refractivity contribution in [2.45, 2.75) is 63.8 Å². The molecular weight excluding hydrogens is 552 g/mol. The Labute approximate surface area is 220 Å². The molecule has 5 nitrogen and oxygen atoms in total. The summed E-state index contributed by atoms with van der Waals surface area (Å²) in [6, 6.07) is 4.58. The van der Waals surface area contributed by atoms with Gasteiger partial charge >= 0.3 is 0 Å².